The molecule has 1 aliphatic heterocycles. The number of rotatable bonds is 2. The molecule has 12 heavy (non-hydrogen) atoms. The summed E-state index contributed by atoms with van der Waals surface area (Å²) in [6.45, 7) is 9.61. The zero-order valence-electron chi connectivity index (χ0n) is 8.84. The van der Waals surface area contributed by atoms with Gasteiger partial charge in [0.1, 0.15) is 0 Å². The number of nitrogens with zero attached hydrogens (tertiary/aromatic N) is 1. The van der Waals surface area contributed by atoms with Crippen molar-refractivity contribution in [2.75, 3.05) is 13.1 Å². The van der Waals surface area contributed by atoms with E-state index in [0.717, 1.165) is 12.0 Å². The van der Waals surface area contributed by atoms with Crippen molar-refractivity contribution in [3.05, 3.63) is 0 Å². The van der Waals surface area contributed by atoms with Gasteiger partial charge < -0.3 is 4.90 Å². The van der Waals surface area contributed by atoms with Gasteiger partial charge in [0.2, 0.25) is 0 Å². The highest BCUT2D eigenvalue weighted by molar-refractivity contribution is 4.71. The van der Waals surface area contributed by atoms with Crippen molar-refractivity contribution in [1.29, 1.82) is 0 Å². The Bertz CT molecular complexity index is 120. The first-order valence-electron chi connectivity index (χ1n) is 5.48. The topological polar surface area (TPSA) is 3.24 Å². The van der Waals surface area contributed by atoms with E-state index in [1.54, 1.807) is 0 Å². The molecule has 0 N–H and O–H groups in total. The normalized spacial score (nSPS) is 27.5. The SMILES string of the molecule is CC[C@@H]1CCCN(C(C)C)CC1. The number of hydrogen-bond donors (Lipinski definition) is 0. The highest BCUT2D eigenvalue weighted by Crippen LogP contribution is 2.20. The van der Waals surface area contributed by atoms with Crippen LogP contribution in [0.1, 0.15) is 46.5 Å². The monoisotopic (exact) mass is 169 g/mol. The van der Waals surface area contributed by atoms with Crippen molar-refractivity contribution in [2.45, 2.75) is 52.5 Å². The maximum atomic E-state index is 2.62. The van der Waals surface area contributed by atoms with Crippen LogP contribution in [0.5, 0.6) is 0 Å². The number of hydrogen-bond acceptors (Lipinski definition) is 1. The van der Waals surface area contributed by atoms with E-state index in [1.165, 1.54) is 38.8 Å². The van der Waals surface area contributed by atoms with Crippen molar-refractivity contribution in [2.24, 2.45) is 5.92 Å². The first kappa shape index (κ1) is 10.0. The average Bonchev–Trinajstić information content (AvgIpc) is 2.28. The first-order valence-corrected chi connectivity index (χ1v) is 5.48. The summed E-state index contributed by atoms with van der Waals surface area (Å²) in [6.07, 6.45) is 5.68. The third kappa shape index (κ3) is 2.78. The van der Waals surface area contributed by atoms with Gasteiger partial charge in [-0.15, -0.1) is 0 Å². The van der Waals surface area contributed by atoms with Crippen LogP contribution in [0.4, 0.5) is 0 Å². The van der Waals surface area contributed by atoms with Crippen LogP contribution in [0.3, 0.4) is 0 Å². The van der Waals surface area contributed by atoms with E-state index >= 15 is 0 Å². The van der Waals surface area contributed by atoms with E-state index in [-0.39, 0.29) is 0 Å². The van der Waals surface area contributed by atoms with Gasteiger partial charge in [-0.1, -0.05) is 13.3 Å². The fourth-order valence-corrected chi connectivity index (χ4v) is 2.11. The average molecular weight is 169 g/mol. The summed E-state index contributed by atoms with van der Waals surface area (Å²) in [5, 5.41) is 0. The molecule has 0 aromatic carbocycles. The van der Waals surface area contributed by atoms with Gasteiger partial charge in [0.15, 0.2) is 0 Å². The molecule has 1 heterocycles. The third-order valence-corrected chi connectivity index (χ3v) is 3.19. The molecule has 0 spiro atoms. The summed E-state index contributed by atoms with van der Waals surface area (Å²) in [5.74, 6) is 1.01. The molecule has 1 rings (SSSR count). The Labute approximate surface area is 77.1 Å². The van der Waals surface area contributed by atoms with E-state index < -0.39 is 0 Å². The predicted octanol–water partition coefficient (Wildman–Crippen LogP) is 2.91. The second-order valence-corrected chi connectivity index (χ2v) is 4.33. The summed E-state index contributed by atoms with van der Waals surface area (Å²) in [6, 6.07) is 0.751. The molecule has 0 aliphatic carbocycles. The van der Waals surface area contributed by atoms with Crippen LogP contribution in [-0.4, -0.2) is 24.0 Å². The fourth-order valence-electron chi connectivity index (χ4n) is 2.11. The van der Waals surface area contributed by atoms with Gasteiger partial charge in [0.05, 0.1) is 0 Å². The predicted molar refractivity (Wildman–Crippen MR) is 54.3 cm³/mol. The maximum Gasteiger partial charge on any atom is 0.00385 e. The molecule has 0 amide bonds. The van der Waals surface area contributed by atoms with Crippen LogP contribution in [0.25, 0.3) is 0 Å². The van der Waals surface area contributed by atoms with E-state index in [4.69, 9.17) is 0 Å². The summed E-state index contributed by atoms with van der Waals surface area (Å²) >= 11 is 0. The van der Waals surface area contributed by atoms with Crippen LogP contribution >= 0.6 is 0 Å². The molecule has 1 atom stereocenters. The van der Waals surface area contributed by atoms with Gasteiger partial charge in [-0.05, 0) is 52.1 Å². The van der Waals surface area contributed by atoms with Crippen molar-refractivity contribution >= 4 is 0 Å². The van der Waals surface area contributed by atoms with Crippen LogP contribution in [0.15, 0.2) is 0 Å². The van der Waals surface area contributed by atoms with Crippen LogP contribution < -0.4 is 0 Å². The van der Waals surface area contributed by atoms with Gasteiger partial charge in [-0.2, -0.15) is 0 Å². The Morgan fingerprint density at radius 1 is 1.25 bits per heavy atom. The Kier molecular flexibility index (Phi) is 4.07. The summed E-state index contributed by atoms with van der Waals surface area (Å²) in [4.78, 5) is 2.62. The maximum absolute atomic E-state index is 2.62. The lowest BCUT2D eigenvalue weighted by Gasteiger charge is -2.24. The first-order chi connectivity index (χ1) is 5.74. The van der Waals surface area contributed by atoms with Crippen LogP contribution in [0, 0.1) is 5.92 Å². The largest absolute Gasteiger partial charge is 0.301 e. The van der Waals surface area contributed by atoms with E-state index in [2.05, 4.69) is 25.7 Å². The number of likely N-dealkylation sites (tertiary alicyclic amines) is 1. The van der Waals surface area contributed by atoms with Gasteiger partial charge >= 0.3 is 0 Å². The molecular weight excluding hydrogens is 146 g/mol. The smallest absolute Gasteiger partial charge is 0.00385 e. The quantitative estimate of drug-likeness (QED) is 0.614. The molecule has 1 heteroatoms. The lowest BCUT2D eigenvalue weighted by atomic mass is 9.98. The Morgan fingerprint density at radius 3 is 2.58 bits per heavy atom. The van der Waals surface area contributed by atoms with Crippen LogP contribution in [0.2, 0.25) is 0 Å². The summed E-state index contributed by atoms with van der Waals surface area (Å²) in [7, 11) is 0. The highest BCUT2D eigenvalue weighted by Gasteiger charge is 2.16. The Morgan fingerprint density at radius 2 is 2.00 bits per heavy atom. The van der Waals surface area contributed by atoms with Gasteiger partial charge in [-0.3, -0.25) is 0 Å². The summed E-state index contributed by atoms with van der Waals surface area (Å²) < 4.78 is 0. The van der Waals surface area contributed by atoms with Crippen molar-refractivity contribution in [3.63, 3.8) is 0 Å². The zero-order valence-corrected chi connectivity index (χ0v) is 8.84. The van der Waals surface area contributed by atoms with Gasteiger partial charge in [0, 0.05) is 6.04 Å². The van der Waals surface area contributed by atoms with Crippen LogP contribution in [-0.2, 0) is 0 Å². The van der Waals surface area contributed by atoms with Gasteiger partial charge in [-0.25, -0.2) is 0 Å². The third-order valence-electron chi connectivity index (χ3n) is 3.19. The standard InChI is InChI=1S/C11H23N/c1-4-11-6-5-8-12(9-7-11)10(2)3/h10-11H,4-9H2,1-3H3/t11-/m1/s1. The lowest BCUT2D eigenvalue weighted by molar-refractivity contribution is 0.227. The Hall–Kier alpha value is -0.0400. The molecule has 0 bridgehead atoms. The van der Waals surface area contributed by atoms with Gasteiger partial charge in [0.25, 0.3) is 0 Å². The highest BCUT2D eigenvalue weighted by atomic mass is 15.1. The molecule has 1 saturated heterocycles. The second kappa shape index (κ2) is 4.86. The molecular formula is C11H23N. The molecule has 0 saturated carbocycles. The van der Waals surface area contributed by atoms with E-state index in [0.29, 0.717) is 0 Å². The molecule has 1 nitrogen and oxygen atoms in total. The zero-order chi connectivity index (χ0) is 8.97. The van der Waals surface area contributed by atoms with Crippen molar-refractivity contribution < 1.29 is 0 Å². The van der Waals surface area contributed by atoms with E-state index in [9.17, 15) is 0 Å². The van der Waals surface area contributed by atoms with E-state index in [1.807, 2.05) is 0 Å². The molecule has 0 aromatic heterocycles. The minimum absolute atomic E-state index is 0.751. The molecule has 0 radical (unpaired) electrons. The minimum Gasteiger partial charge on any atom is -0.301 e. The molecule has 0 unspecified atom stereocenters. The fraction of sp³-hybridized carbons (Fsp3) is 1.00. The van der Waals surface area contributed by atoms with Crippen molar-refractivity contribution in [3.8, 4) is 0 Å². The Balaban J connectivity index is 2.34. The molecule has 0 aromatic rings. The molecule has 1 aliphatic rings. The molecule has 1 fully saturated rings. The lowest BCUT2D eigenvalue weighted by Crippen LogP contribution is -2.31. The van der Waals surface area contributed by atoms with Crippen molar-refractivity contribution in [1.82, 2.24) is 4.90 Å². The summed E-state index contributed by atoms with van der Waals surface area (Å²) in [5.41, 5.74) is 0. The minimum atomic E-state index is 0.751. The molecule has 72 valence electrons. The second-order valence-electron chi connectivity index (χ2n) is 4.33.